The molecule has 4 bridgehead atoms. The number of halogens is 2. The number of alkyl halides is 2. The van der Waals surface area contributed by atoms with Crippen molar-refractivity contribution in [1.29, 1.82) is 0 Å². The SMILES string of the molecule is O=C(Nc1ccccc1)NC(c1ccccc1)[C@H]1[C@H]2C[C@@H]3C[C@](Cl)(C2)C[C@@]1(Cl)C3. The fraction of sp³-hybridized carbons (Fsp3) is 0.458. The van der Waals surface area contributed by atoms with Crippen molar-refractivity contribution in [2.45, 2.75) is 47.9 Å². The van der Waals surface area contributed by atoms with Crippen LogP contribution < -0.4 is 10.6 Å². The summed E-state index contributed by atoms with van der Waals surface area (Å²) in [4.78, 5) is 12.4. The summed E-state index contributed by atoms with van der Waals surface area (Å²) in [7, 11) is 0. The Bertz CT molecular complexity index is 892. The Kier molecular flexibility index (Phi) is 4.79. The molecule has 0 aliphatic heterocycles. The van der Waals surface area contributed by atoms with Gasteiger partial charge in [0.2, 0.25) is 0 Å². The molecular weight excluding hydrogens is 403 g/mol. The Balaban J connectivity index is 1.45. The second-order valence-electron chi connectivity index (χ2n) is 9.22. The van der Waals surface area contributed by atoms with Gasteiger partial charge in [-0.3, -0.25) is 0 Å². The maximum atomic E-state index is 12.9. The molecule has 4 fully saturated rings. The zero-order valence-corrected chi connectivity index (χ0v) is 17.8. The van der Waals surface area contributed by atoms with Gasteiger partial charge in [0.05, 0.1) is 10.9 Å². The Labute approximate surface area is 182 Å². The molecule has 4 aliphatic rings. The first-order valence-electron chi connectivity index (χ1n) is 10.5. The third kappa shape index (κ3) is 3.64. The number of carbonyl (C=O) groups is 1. The van der Waals surface area contributed by atoms with Crippen molar-refractivity contribution in [3.63, 3.8) is 0 Å². The second kappa shape index (κ2) is 7.21. The van der Waals surface area contributed by atoms with Crippen LogP contribution in [0, 0.1) is 17.8 Å². The first-order chi connectivity index (χ1) is 13.9. The van der Waals surface area contributed by atoms with Gasteiger partial charge in [0, 0.05) is 16.5 Å². The van der Waals surface area contributed by atoms with E-state index in [-0.39, 0.29) is 27.7 Å². The van der Waals surface area contributed by atoms with Gasteiger partial charge in [-0.15, -0.1) is 23.2 Å². The second-order valence-corrected chi connectivity index (χ2v) is 10.8. The Morgan fingerprint density at radius 3 is 2.31 bits per heavy atom. The van der Waals surface area contributed by atoms with E-state index in [2.05, 4.69) is 22.8 Å². The number of rotatable bonds is 4. The molecule has 6 atom stereocenters. The molecule has 2 aromatic rings. The normalized spacial score (nSPS) is 35.9. The molecule has 0 heterocycles. The number of amides is 2. The largest absolute Gasteiger partial charge is 0.331 e. The summed E-state index contributed by atoms with van der Waals surface area (Å²) >= 11 is 14.3. The van der Waals surface area contributed by atoms with Gasteiger partial charge in [0.1, 0.15) is 0 Å². The molecule has 4 aliphatic carbocycles. The van der Waals surface area contributed by atoms with Crippen LogP contribution in [0.25, 0.3) is 0 Å². The molecule has 5 heteroatoms. The zero-order chi connectivity index (χ0) is 20.1. The number of benzene rings is 2. The van der Waals surface area contributed by atoms with Gasteiger partial charge in [-0.2, -0.15) is 0 Å². The highest BCUT2D eigenvalue weighted by atomic mass is 35.5. The Morgan fingerprint density at radius 2 is 1.66 bits per heavy atom. The summed E-state index contributed by atoms with van der Waals surface area (Å²) < 4.78 is 0. The van der Waals surface area contributed by atoms with Gasteiger partial charge in [0.15, 0.2) is 0 Å². The molecule has 29 heavy (non-hydrogen) atoms. The summed E-state index contributed by atoms with van der Waals surface area (Å²) in [5.74, 6) is 1.23. The number of urea groups is 1. The predicted molar refractivity (Wildman–Crippen MR) is 119 cm³/mol. The van der Waals surface area contributed by atoms with Crippen LogP contribution in [0.5, 0.6) is 0 Å². The van der Waals surface area contributed by atoms with Gasteiger partial charge < -0.3 is 10.6 Å². The van der Waals surface area contributed by atoms with E-state index in [4.69, 9.17) is 23.2 Å². The molecule has 1 unspecified atom stereocenters. The van der Waals surface area contributed by atoms with Crippen molar-refractivity contribution in [3.05, 3.63) is 66.2 Å². The van der Waals surface area contributed by atoms with Crippen LogP contribution >= 0.6 is 23.2 Å². The van der Waals surface area contributed by atoms with E-state index in [1.54, 1.807) is 0 Å². The molecular formula is C24H26Cl2N2O. The van der Waals surface area contributed by atoms with Crippen LogP contribution in [0.2, 0.25) is 0 Å². The van der Waals surface area contributed by atoms with E-state index >= 15 is 0 Å². The molecule has 4 saturated carbocycles. The average Bonchev–Trinajstić information content (AvgIpc) is 2.66. The number of nitrogens with one attached hydrogen (secondary N) is 2. The topological polar surface area (TPSA) is 41.1 Å². The number of anilines is 1. The highest BCUT2D eigenvalue weighted by Gasteiger charge is 2.63. The highest BCUT2D eigenvalue weighted by molar-refractivity contribution is 6.28. The van der Waals surface area contributed by atoms with Gasteiger partial charge in [-0.05, 0) is 61.6 Å². The van der Waals surface area contributed by atoms with Gasteiger partial charge in [0.25, 0.3) is 0 Å². The van der Waals surface area contributed by atoms with Crippen molar-refractivity contribution in [2.75, 3.05) is 5.32 Å². The summed E-state index contributed by atoms with van der Waals surface area (Å²) in [6.45, 7) is 0. The third-order valence-electron chi connectivity index (χ3n) is 7.10. The fourth-order valence-electron chi connectivity index (χ4n) is 6.44. The monoisotopic (exact) mass is 428 g/mol. The minimum Gasteiger partial charge on any atom is -0.331 e. The summed E-state index contributed by atoms with van der Waals surface area (Å²) in [6, 6.07) is 19.5. The molecule has 2 amide bonds. The lowest BCUT2D eigenvalue weighted by atomic mass is 9.49. The van der Waals surface area contributed by atoms with E-state index in [0.717, 1.165) is 36.9 Å². The van der Waals surface area contributed by atoms with Crippen molar-refractivity contribution in [2.24, 2.45) is 17.8 Å². The number of hydrogen-bond donors (Lipinski definition) is 2. The van der Waals surface area contributed by atoms with E-state index < -0.39 is 0 Å². The Hall–Kier alpha value is -1.71. The molecule has 3 nitrogen and oxygen atoms in total. The van der Waals surface area contributed by atoms with E-state index in [0.29, 0.717) is 11.8 Å². The number of carbonyl (C=O) groups excluding carboxylic acids is 1. The first-order valence-corrected chi connectivity index (χ1v) is 11.3. The molecule has 2 N–H and O–H groups in total. The van der Waals surface area contributed by atoms with Gasteiger partial charge >= 0.3 is 6.03 Å². The van der Waals surface area contributed by atoms with E-state index in [1.165, 1.54) is 6.42 Å². The maximum Gasteiger partial charge on any atom is 0.319 e. The van der Waals surface area contributed by atoms with Crippen LogP contribution in [0.15, 0.2) is 60.7 Å². The molecule has 152 valence electrons. The van der Waals surface area contributed by atoms with Gasteiger partial charge in [-0.25, -0.2) is 4.79 Å². The lowest BCUT2D eigenvalue weighted by molar-refractivity contribution is -0.0226. The predicted octanol–water partition coefficient (Wildman–Crippen LogP) is 6.34. The molecule has 0 saturated heterocycles. The van der Waals surface area contributed by atoms with E-state index in [1.807, 2.05) is 48.5 Å². The quantitative estimate of drug-likeness (QED) is 0.547. The smallest absolute Gasteiger partial charge is 0.319 e. The fourth-order valence-corrected chi connectivity index (χ4v) is 7.94. The molecule has 0 spiro atoms. The lowest BCUT2D eigenvalue weighted by Crippen LogP contribution is -2.62. The van der Waals surface area contributed by atoms with Crippen molar-refractivity contribution in [1.82, 2.24) is 5.32 Å². The molecule has 0 radical (unpaired) electrons. The van der Waals surface area contributed by atoms with Crippen molar-refractivity contribution in [3.8, 4) is 0 Å². The number of para-hydroxylation sites is 1. The number of hydrogen-bond acceptors (Lipinski definition) is 1. The van der Waals surface area contributed by atoms with Crippen molar-refractivity contribution < 1.29 is 4.79 Å². The standard InChI is InChI=1S/C24H26Cl2N2O/c25-23-12-16-11-18(14-23)20(24(26,13-16)15-23)21(17-7-3-1-4-8-17)28-22(29)27-19-9-5-2-6-10-19/h1-10,16,18,20-21H,11-15H2,(H2,27,28,29)/t16-,18+,20-,21?,23+,24+/m1/s1. The van der Waals surface area contributed by atoms with Crippen molar-refractivity contribution >= 4 is 34.9 Å². The van der Waals surface area contributed by atoms with E-state index in [9.17, 15) is 4.79 Å². The highest BCUT2D eigenvalue weighted by Crippen LogP contribution is 2.66. The summed E-state index contributed by atoms with van der Waals surface area (Å²) in [6.07, 6.45) is 5.07. The zero-order valence-electron chi connectivity index (χ0n) is 16.3. The first kappa shape index (κ1) is 19.3. The molecule has 0 aromatic heterocycles. The summed E-state index contributed by atoms with van der Waals surface area (Å²) in [5, 5.41) is 6.24. The lowest BCUT2D eigenvalue weighted by Gasteiger charge is -2.63. The van der Waals surface area contributed by atoms with Crippen LogP contribution in [0.1, 0.15) is 43.7 Å². The average molecular weight is 429 g/mol. The van der Waals surface area contributed by atoms with Crippen LogP contribution in [-0.2, 0) is 0 Å². The minimum absolute atomic E-state index is 0.136. The molecule has 6 rings (SSSR count). The minimum atomic E-state index is -0.355. The van der Waals surface area contributed by atoms with Crippen LogP contribution in [0.3, 0.4) is 0 Å². The summed E-state index contributed by atoms with van der Waals surface area (Å²) in [5.41, 5.74) is 1.89. The maximum absolute atomic E-state index is 12.9. The third-order valence-corrected chi connectivity index (χ3v) is 8.08. The van der Waals surface area contributed by atoms with Crippen LogP contribution in [0.4, 0.5) is 10.5 Å². The Morgan fingerprint density at radius 1 is 0.966 bits per heavy atom. The molecule has 2 aromatic carbocycles. The van der Waals surface area contributed by atoms with Crippen LogP contribution in [-0.4, -0.2) is 15.8 Å². The van der Waals surface area contributed by atoms with Gasteiger partial charge in [-0.1, -0.05) is 48.5 Å².